The van der Waals surface area contributed by atoms with Crippen LogP contribution in [0.5, 0.6) is 0 Å². The Morgan fingerprint density at radius 1 is 1.33 bits per heavy atom. The van der Waals surface area contributed by atoms with Gasteiger partial charge in [0.15, 0.2) is 0 Å². The van der Waals surface area contributed by atoms with Crippen molar-refractivity contribution in [2.75, 3.05) is 39.8 Å². The van der Waals surface area contributed by atoms with Gasteiger partial charge in [0.2, 0.25) is 0 Å². The Balaban J connectivity index is 2.24. The largest absolute Gasteiger partial charge is 0.329 e. The summed E-state index contributed by atoms with van der Waals surface area (Å²) in [5.74, 6) is 0. The van der Waals surface area contributed by atoms with Gasteiger partial charge in [-0.25, -0.2) is 0 Å². The van der Waals surface area contributed by atoms with Crippen molar-refractivity contribution >= 4 is 0 Å². The summed E-state index contributed by atoms with van der Waals surface area (Å²) in [4.78, 5) is 4.87. The Labute approximate surface area is 112 Å². The smallest absolute Gasteiger partial charge is 0.0683 e. The Morgan fingerprint density at radius 2 is 2.06 bits per heavy atom. The van der Waals surface area contributed by atoms with E-state index in [0.29, 0.717) is 6.04 Å². The summed E-state index contributed by atoms with van der Waals surface area (Å²) in [7, 11) is 2.16. The maximum Gasteiger partial charge on any atom is 0.0683 e. The minimum Gasteiger partial charge on any atom is -0.329 e. The molecular formula is C14H28N4. The van der Waals surface area contributed by atoms with Gasteiger partial charge in [-0.15, -0.1) is 0 Å². The number of nitriles is 1. The maximum atomic E-state index is 8.97. The first kappa shape index (κ1) is 15.4. The standard InChI is InChI=1S/C14H28N4/c1-14(2,12-16)6-4-5-7-18-9-8-17(3)11-13(18)10-15/h13H,4-11,15H2,1-3H3. The average Bonchev–Trinajstić information content (AvgIpc) is 2.36. The molecule has 0 aliphatic carbocycles. The van der Waals surface area contributed by atoms with Crippen LogP contribution in [0.4, 0.5) is 0 Å². The maximum absolute atomic E-state index is 8.97. The monoisotopic (exact) mass is 252 g/mol. The van der Waals surface area contributed by atoms with Crippen LogP contribution in [0.15, 0.2) is 0 Å². The van der Waals surface area contributed by atoms with Crippen LogP contribution in [0, 0.1) is 16.7 Å². The number of rotatable bonds is 6. The van der Waals surface area contributed by atoms with Gasteiger partial charge in [-0.2, -0.15) is 5.26 Å². The van der Waals surface area contributed by atoms with Crippen molar-refractivity contribution in [2.24, 2.45) is 11.1 Å². The quantitative estimate of drug-likeness (QED) is 0.724. The molecule has 0 aromatic carbocycles. The van der Waals surface area contributed by atoms with Gasteiger partial charge in [-0.3, -0.25) is 4.90 Å². The number of hydrogen-bond acceptors (Lipinski definition) is 4. The molecule has 0 aromatic heterocycles. The molecule has 2 N–H and O–H groups in total. The van der Waals surface area contributed by atoms with Crippen LogP contribution in [0.3, 0.4) is 0 Å². The van der Waals surface area contributed by atoms with E-state index in [9.17, 15) is 0 Å². The van der Waals surface area contributed by atoms with Crippen LogP contribution < -0.4 is 5.73 Å². The van der Waals surface area contributed by atoms with E-state index in [1.54, 1.807) is 0 Å². The predicted octanol–water partition coefficient (Wildman–Crippen LogP) is 1.28. The molecule has 0 radical (unpaired) electrons. The van der Waals surface area contributed by atoms with Gasteiger partial charge in [-0.05, 0) is 40.3 Å². The van der Waals surface area contributed by atoms with Gasteiger partial charge in [0, 0.05) is 32.2 Å². The van der Waals surface area contributed by atoms with Gasteiger partial charge in [0.1, 0.15) is 0 Å². The summed E-state index contributed by atoms with van der Waals surface area (Å²) in [5, 5.41) is 8.97. The van der Waals surface area contributed by atoms with Gasteiger partial charge < -0.3 is 10.6 Å². The van der Waals surface area contributed by atoms with E-state index in [0.717, 1.165) is 45.6 Å². The highest BCUT2D eigenvalue weighted by Gasteiger charge is 2.23. The molecule has 4 heteroatoms. The molecule has 18 heavy (non-hydrogen) atoms. The van der Waals surface area contributed by atoms with E-state index in [1.165, 1.54) is 6.42 Å². The summed E-state index contributed by atoms with van der Waals surface area (Å²) < 4.78 is 0. The van der Waals surface area contributed by atoms with Crippen molar-refractivity contribution in [3.8, 4) is 6.07 Å². The highest BCUT2D eigenvalue weighted by molar-refractivity contribution is 4.91. The Kier molecular flexibility index (Phi) is 6.07. The van der Waals surface area contributed by atoms with Crippen LogP contribution in [-0.2, 0) is 0 Å². The number of likely N-dealkylation sites (N-methyl/N-ethyl adjacent to an activating group) is 1. The predicted molar refractivity (Wildman–Crippen MR) is 75.2 cm³/mol. The SMILES string of the molecule is CN1CCN(CCCCC(C)(C)C#N)C(CN)C1. The molecule has 0 amide bonds. The molecule has 1 aliphatic heterocycles. The lowest BCUT2D eigenvalue weighted by molar-refractivity contribution is 0.0922. The highest BCUT2D eigenvalue weighted by Crippen LogP contribution is 2.22. The highest BCUT2D eigenvalue weighted by atomic mass is 15.3. The molecular weight excluding hydrogens is 224 g/mol. The van der Waals surface area contributed by atoms with E-state index in [1.807, 2.05) is 13.8 Å². The topological polar surface area (TPSA) is 56.3 Å². The second-order valence-electron chi connectivity index (χ2n) is 6.14. The molecule has 0 spiro atoms. The van der Waals surface area contributed by atoms with E-state index in [4.69, 9.17) is 11.0 Å². The second kappa shape index (κ2) is 7.08. The van der Waals surface area contributed by atoms with Gasteiger partial charge >= 0.3 is 0 Å². The first-order chi connectivity index (χ1) is 8.48. The summed E-state index contributed by atoms with van der Waals surface area (Å²) in [6.45, 7) is 9.25. The molecule has 1 heterocycles. The fourth-order valence-corrected chi connectivity index (χ4v) is 2.50. The van der Waals surface area contributed by atoms with Crippen molar-refractivity contribution in [1.82, 2.24) is 9.80 Å². The first-order valence-electron chi connectivity index (χ1n) is 7.02. The van der Waals surface area contributed by atoms with Gasteiger partial charge in [0.25, 0.3) is 0 Å². The normalized spacial score (nSPS) is 22.9. The second-order valence-corrected chi connectivity index (χ2v) is 6.14. The van der Waals surface area contributed by atoms with Crippen LogP contribution in [-0.4, -0.2) is 55.6 Å². The fraction of sp³-hybridized carbons (Fsp3) is 0.929. The lowest BCUT2D eigenvalue weighted by Crippen LogP contribution is -2.54. The molecule has 4 nitrogen and oxygen atoms in total. The average molecular weight is 252 g/mol. The van der Waals surface area contributed by atoms with Crippen LogP contribution in [0.25, 0.3) is 0 Å². The molecule has 1 unspecified atom stereocenters. The molecule has 0 saturated carbocycles. The van der Waals surface area contributed by atoms with Crippen molar-refractivity contribution in [2.45, 2.75) is 39.2 Å². The van der Waals surface area contributed by atoms with Crippen LogP contribution >= 0.6 is 0 Å². The minimum atomic E-state index is -0.171. The van der Waals surface area contributed by atoms with Crippen molar-refractivity contribution < 1.29 is 0 Å². The molecule has 1 aliphatic rings. The van der Waals surface area contributed by atoms with Gasteiger partial charge in [0.05, 0.1) is 11.5 Å². The van der Waals surface area contributed by atoms with E-state index >= 15 is 0 Å². The Morgan fingerprint density at radius 3 is 2.67 bits per heavy atom. The number of hydrogen-bond donors (Lipinski definition) is 1. The molecule has 1 saturated heterocycles. The lowest BCUT2D eigenvalue weighted by Gasteiger charge is -2.39. The minimum absolute atomic E-state index is 0.171. The lowest BCUT2D eigenvalue weighted by atomic mass is 9.89. The summed E-state index contributed by atoms with van der Waals surface area (Å²) in [5.41, 5.74) is 5.67. The zero-order valence-corrected chi connectivity index (χ0v) is 12.2. The summed E-state index contributed by atoms with van der Waals surface area (Å²) in [6, 6.07) is 2.87. The third-order valence-corrected chi connectivity index (χ3v) is 3.88. The first-order valence-corrected chi connectivity index (χ1v) is 7.02. The number of piperazine rings is 1. The Bertz CT molecular complexity index is 282. The summed E-state index contributed by atoms with van der Waals surface area (Å²) in [6.07, 6.45) is 3.29. The van der Waals surface area contributed by atoms with Crippen molar-refractivity contribution in [3.05, 3.63) is 0 Å². The molecule has 1 rings (SSSR count). The Hall–Kier alpha value is -0.630. The molecule has 1 fully saturated rings. The number of unbranched alkanes of at least 4 members (excludes halogenated alkanes) is 1. The molecule has 1 atom stereocenters. The fourth-order valence-electron chi connectivity index (χ4n) is 2.50. The zero-order valence-electron chi connectivity index (χ0n) is 12.2. The number of nitrogens with zero attached hydrogens (tertiary/aromatic N) is 3. The summed E-state index contributed by atoms with van der Waals surface area (Å²) >= 11 is 0. The molecule has 104 valence electrons. The molecule has 0 bridgehead atoms. The van der Waals surface area contributed by atoms with Gasteiger partial charge in [-0.1, -0.05) is 6.42 Å². The van der Waals surface area contributed by atoms with Crippen molar-refractivity contribution in [1.29, 1.82) is 5.26 Å². The third-order valence-electron chi connectivity index (χ3n) is 3.88. The molecule has 0 aromatic rings. The van der Waals surface area contributed by atoms with E-state index < -0.39 is 0 Å². The van der Waals surface area contributed by atoms with Crippen molar-refractivity contribution in [3.63, 3.8) is 0 Å². The van der Waals surface area contributed by atoms with Crippen LogP contribution in [0.2, 0.25) is 0 Å². The van der Waals surface area contributed by atoms with Crippen LogP contribution in [0.1, 0.15) is 33.1 Å². The van der Waals surface area contributed by atoms with E-state index in [2.05, 4.69) is 22.9 Å². The zero-order chi connectivity index (χ0) is 13.6. The number of nitrogens with two attached hydrogens (primary N) is 1. The van der Waals surface area contributed by atoms with E-state index in [-0.39, 0.29) is 5.41 Å². The third kappa shape index (κ3) is 4.93.